The van der Waals surface area contributed by atoms with E-state index in [2.05, 4.69) is 0 Å². The van der Waals surface area contributed by atoms with Crippen LogP contribution >= 0.6 is 0 Å². The molecule has 0 spiro atoms. The molecule has 0 aromatic carbocycles. The minimum atomic E-state index is -0.839. The average molecular weight is 203 g/mol. The quantitative estimate of drug-likeness (QED) is 0.642. The maximum atomic E-state index is 10.5. The molecule has 0 fully saturated rings. The Morgan fingerprint density at radius 1 is 1.36 bits per heavy atom. The third-order valence-corrected chi connectivity index (χ3v) is 1.92. The summed E-state index contributed by atoms with van der Waals surface area (Å²) in [7, 11) is 0. The van der Waals surface area contributed by atoms with Gasteiger partial charge in [-0.3, -0.25) is 9.69 Å². The number of carboxylic acids is 1. The number of carbonyl (C=O) groups is 1. The van der Waals surface area contributed by atoms with Gasteiger partial charge in [0.1, 0.15) is 0 Å². The highest BCUT2D eigenvalue weighted by Gasteiger charge is 2.14. The fourth-order valence-electron chi connectivity index (χ4n) is 1.34. The summed E-state index contributed by atoms with van der Waals surface area (Å²) < 4.78 is 0. The third kappa shape index (κ3) is 6.86. The fourth-order valence-corrected chi connectivity index (χ4v) is 1.34. The van der Waals surface area contributed by atoms with Gasteiger partial charge in [-0.05, 0) is 12.3 Å². The first kappa shape index (κ1) is 13.4. The van der Waals surface area contributed by atoms with Crippen molar-refractivity contribution in [3.05, 3.63) is 0 Å². The molecule has 2 N–H and O–H groups in total. The lowest BCUT2D eigenvalue weighted by Gasteiger charge is -2.24. The highest BCUT2D eigenvalue weighted by atomic mass is 16.4. The number of aliphatic hydroxyl groups excluding tert-OH is 1. The fraction of sp³-hybridized carbons (Fsp3) is 0.900. The summed E-state index contributed by atoms with van der Waals surface area (Å²) >= 11 is 0. The summed E-state index contributed by atoms with van der Waals surface area (Å²) in [6.45, 7) is 7.12. The molecule has 0 aromatic heterocycles. The van der Waals surface area contributed by atoms with Gasteiger partial charge < -0.3 is 10.2 Å². The Hall–Kier alpha value is -0.610. The van der Waals surface area contributed by atoms with Gasteiger partial charge in [0, 0.05) is 13.1 Å². The van der Waals surface area contributed by atoms with E-state index in [1.54, 1.807) is 4.90 Å². The number of hydrogen-bond acceptors (Lipinski definition) is 3. The molecule has 0 rings (SSSR count). The van der Waals surface area contributed by atoms with E-state index in [1.165, 1.54) is 0 Å². The predicted molar refractivity (Wildman–Crippen MR) is 55.2 cm³/mol. The normalized spacial score (nSPS) is 13.6. The van der Waals surface area contributed by atoms with Crippen LogP contribution in [-0.4, -0.2) is 46.8 Å². The van der Waals surface area contributed by atoms with Gasteiger partial charge in [-0.2, -0.15) is 0 Å². The van der Waals surface area contributed by atoms with Crippen LogP contribution in [0.5, 0.6) is 0 Å². The van der Waals surface area contributed by atoms with Gasteiger partial charge >= 0.3 is 5.97 Å². The standard InChI is InChI=1S/C10H21NO3/c1-4-9(12)6-11(5-8(2)3)7-10(13)14/h8-9,12H,4-7H2,1-3H3,(H,13,14). The first-order chi connectivity index (χ1) is 6.45. The lowest BCUT2D eigenvalue weighted by molar-refractivity contribution is -0.138. The number of aliphatic carboxylic acids is 1. The van der Waals surface area contributed by atoms with Gasteiger partial charge in [0.25, 0.3) is 0 Å². The molecule has 0 bridgehead atoms. The molecule has 0 saturated carbocycles. The minimum Gasteiger partial charge on any atom is -0.480 e. The van der Waals surface area contributed by atoms with Crippen molar-refractivity contribution in [1.82, 2.24) is 4.90 Å². The molecule has 1 atom stereocenters. The van der Waals surface area contributed by atoms with Gasteiger partial charge in [0.05, 0.1) is 12.6 Å². The van der Waals surface area contributed by atoms with E-state index in [1.807, 2.05) is 20.8 Å². The smallest absolute Gasteiger partial charge is 0.317 e. The summed E-state index contributed by atoms with van der Waals surface area (Å²) in [5, 5.41) is 18.1. The summed E-state index contributed by atoms with van der Waals surface area (Å²) in [6.07, 6.45) is 0.238. The molecule has 84 valence electrons. The SMILES string of the molecule is CCC(O)CN(CC(=O)O)CC(C)C. The minimum absolute atomic E-state index is 0.00917. The summed E-state index contributed by atoms with van der Waals surface area (Å²) in [6, 6.07) is 0. The second-order valence-corrected chi connectivity index (χ2v) is 4.04. The van der Waals surface area contributed by atoms with Crippen LogP contribution in [-0.2, 0) is 4.79 Å². The lowest BCUT2D eigenvalue weighted by atomic mass is 10.2. The molecule has 1 unspecified atom stereocenters. The molecule has 0 aliphatic rings. The van der Waals surface area contributed by atoms with E-state index >= 15 is 0 Å². The Labute approximate surface area is 85.5 Å². The van der Waals surface area contributed by atoms with Crippen LogP contribution in [0.3, 0.4) is 0 Å². The van der Waals surface area contributed by atoms with E-state index in [9.17, 15) is 9.90 Å². The van der Waals surface area contributed by atoms with Crippen LogP contribution < -0.4 is 0 Å². The molecule has 0 heterocycles. The second kappa shape index (κ2) is 6.79. The van der Waals surface area contributed by atoms with E-state index in [0.717, 1.165) is 0 Å². The zero-order valence-electron chi connectivity index (χ0n) is 9.23. The third-order valence-electron chi connectivity index (χ3n) is 1.92. The molecule has 0 radical (unpaired) electrons. The number of aliphatic hydroxyl groups is 1. The average Bonchev–Trinajstić information content (AvgIpc) is 2.01. The van der Waals surface area contributed by atoms with Crippen molar-refractivity contribution >= 4 is 5.97 Å². The van der Waals surface area contributed by atoms with Crippen molar-refractivity contribution in [2.75, 3.05) is 19.6 Å². The molecule has 0 saturated heterocycles. The first-order valence-corrected chi connectivity index (χ1v) is 5.07. The Morgan fingerprint density at radius 2 is 1.93 bits per heavy atom. The summed E-state index contributed by atoms with van der Waals surface area (Å²) in [5.41, 5.74) is 0. The highest BCUT2D eigenvalue weighted by Crippen LogP contribution is 2.01. The largest absolute Gasteiger partial charge is 0.480 e. The van der Waals surface area contributed by atoms with E-state index in [0.29, 0.717) is 25.4 Å². The second-order valence-electron chi connectivity index (χ2n) is 4.04. The topological polar surface area (TPSA) is 60.8 Å². The monoisotopic (exact) mass is 203 g/mol. The highest BCUT2D eigenvalue weighted by molar-refractivity contribution is 5.69. The molecule has 0 aliphatic carbocycles. The lowest BCUT2D eigenvalue weighted by Crippen LogP contribution is -2.38. The van der Waals surface area contributed by atoms with E-state index in [-0.39, 0.29) is 6.54 Å². The van der Waals surface area contributed by atoms with Crippen molar-refractivity contribution < 1.29 is 15.0 Å². The first-order valence-electron chi connectivity index (χ1n) is 5.07. The Balaban J connectivity index is 4.03. The predicted octanol–water partition coefficient (Wildman–Crippen LogP) is 0.800. The Morgan fingerprint density at radius 3 is 2.29 bits per heavy atom. The molecule has 4 nitrogen and oxygen atoms in total. The number of rotatable bonds is 7. The van der Waals surface area contributed by atoms with Gasteiger partial charge in [-0.25, -0.2) is 0 Å². The van der Waals surface area contributed by atoms with Crippen LogP contribution in [0, 0.1) is 5.92 Å². The van der Waals surface area contributed by atoms with Crippen LogP contribution in [0.1, 0.15) is 27.2 Å². The number of carboxylic acid groups (broad SMARTS) is 1. The zero-order valence-corrected chi connectivity index (χ0v) is 9.23. The van der Waals surface area contributed by atoms with Gasteiger partial charge in [-0.15, -0.1) is 0 Å². The summed E-state index contributed by atoms with van der Waals surface area (Å²) in [5.74, 6) is -0.424. The van der Waals surface area contributed by atoms with E-state index < -0.39 is 12.1 Å². The van der Waals surface area contributed by atoms with Crippen molar-refractivity contribution in [3.8, 4) is 0 Å². The van der Waals surface area contributed by atoms with Crippen LogP contribution in [0.25, 0.3) is 0 Å². The maximum Gasteiger partial charge on any atom is 0.317 e. The molecule has 14 heavy (non-hydrogen) atoms. The number of nitrogens with zero attached hydrogens (tertiary/aromatic N) is 1. The Bertz CT molecular complexity index is 171. The summed E-state index contributed by atoms with van der Waals surface area (Å²) in [4.78, 5) is 12.3. The molecule has 0 aromatic rings. The van der Waals surface area contributed by atoms with Crippen LogP contribution in [0.2, 0.25) is 0 Å². The van der Waals surface area contributed by atoms with Crippen molar-refractivity contribution in [1.29, 1.82) is 0 Å². The molecular weight excluding hydrogens is 182 g/mol. The molecular formula is C10H21NO3. The molecule has 0 amide bonds. The van der Waals surface area contributed by atoms with Crippen molar-refractivity contribution in [2.24, 2.45) is 5.92 Å². The molecule has 4 heteroatoms. The van der Waals surface area contributed by atoms with Crippen molar-refractivity contribution in [3.63, 3.8) is 0 Å². The van der Waals surface area contributed by atoms with E-state index in [4.69, 9.17) is 5.11 Å². The van der Waals surface area contributed by atoms with Gasteiger partial charge in [0.2, 0.25) is 0 Å². The van der Waals surface area contributed by atoms with Gasteiger partial charge in [-0.1, -0.05) is 20.8 Å². The van der Waals surface area contributed by atoms with Crippen molar-refractivity contribution in [2.45, 2.75) is 33.3 Å². The molecule has 0 aliphatic heterocycles. The Kier molecular flexibility index (Phi) is 6.49. The van der Waals surface area contributed by atoms with Crippen LogP contribution in [0.4, 0.5) is 0 Å². The number of hydrogen-bond donors (Lipinski definition) is 2. The van der Waals surface area contributed by atoms with Gasteiger partial charge in [0.15, 0.2) is 0 Å². The zero-order chi connectivity index (χ0) is 11.1. The van der Waals surface area contributed by atoms with Crippen LogP contribution in [0.15, 0.2) is 0 Å². The maximum absolute atomic E-state index is 10.5.